The van der Waals surface area contributed by atoms with Gasteiger partial charge in [0.15, 0.2) is 0 Å². The van der Waals surface area contributed by atoms with E-state index in [1.165, 1.54) is 0 Å². The predicted molar refractivity (Wildman–Crippen MR) is 102 cm³/mol. The molecule has 0 saturated carbocycles. The van der Waals surface area contributed by atoms with Crippen LogP contribution in [0.3, 0.4) is 0 Å². The second-order valence-corrected chi connectivity index (χ2v) is 7.04. The summed E-state index contributed by atoms with van der Waals surface area (Å²) in [6.45, 7) is 3.17. The zero-order valence-electron chi connectivity index (χ0n) is 14.7. The quantitative estimate of drug-likeness (QED) is 0.378. The number of amides is 1. The lowest BCUT2D eigenvalue weighted by molar-refractivity contribution is -0.124. The van der Waals surface area contributed by atoms with Gasteiger partial charge in [-0.1, -0.05) is 18.2 Å². The minimum Gasteiger partial charge on any atom is -0.398 e. The molecule has 4 rings (SSSR count). The Morgan fingerprint density at radius 1 is 1.23 bits per heavy atom. The van der Waals surface area contributed by atoms with Gasteiger partial charge >= 0.3 is 0 Å². The molecule has 0 unspecified atom stereocenters. The summed E-state index contributed by atoms with van der Waals surface area (Å²) in [5.74, 6) is -0.00509. The molecule has 2 aromatic carbocycles. The molecule has 1 amide bonds. The van der Waals surface area contributed by atoms with Crippen LogP contribution in [0.25, 0.3) is 11.1 Å². The summed E-state index contributed by atoms with van der Waals surface area (Å²) in [6, 6.07) is 9.67. The van der Waals surface area contributed by atoms with Crippen molar-refractivity contribution in [3.8, 4) is 11.1 Å². The fourth-order valence-corrected chi connectivity index (χ4v) is 4.15. The van der Waals surface area contributed by atoms with E-state index in [0.717, 1.165) is 27.9 Å². The minimum atomic E-state index is -0.478. The van der Waals surface area contributed by atoms with E-state index >= 15 is 0 Å². The Morgan fingerprint density at radius 3 is 2.65 bits per heavy atom. The molecule has 0 bridgehead atoms. The highest BCUT2D eigenvalue weighted by Crippen LogP contribution is 2.46. The Hall–Kier alpha value is -2.86. The summed E-state index contributed by atoms with van der Waals surface area (Å²) in [4.78, 5) is 12.7. The van der Waals surface area contributed by atoms with E-state index in [4.69, 9.17) is 21.6 Å². The largest absolute Gasteiger partial charge is 0.398 e. The van der Waals surface area contributed by atoms with E-state index in [9.17, 15) is 4.79 Å². The SMILES string of the molecule is Cc1ccc(C(=N)N)c(N)c1-c1ccc2c(c1)NC(=O)C21CCOCC1. The Bertz CT molecular complexity index is 930. The molecule has 2 aliphatic heterocycles. The third-order valence-corrected chi connectivity index (χ3v) is 5.60. The first-order chi connectivity index (χ1) is 12.4. The van der Waals surface area contributed by atoms with Crippen molar-refractivity contribution in [3.05, 3.63) is 47.0 Å². The summed E-state index contributed by atoms with van der Waals surface area (Å²) in [5, 5.41) is 10.8. The van der Waals surface area contributed by atoms with Crippen molar-refractivity contribution in [1.82, 2.24) is 0 Å². The number of nitrogens with one attached hydrogen (secondary N) is 2. The average molecular weight is 350 g/mol. The van der Waals surface area contributed by atoms with E-state index in [2.05, 4.69) is 5.32 Å². The number of hydrogen-bond acceptors (Lipinski definition) is 4. The fraction of sp³-hybridized carbons (Fsp3) is 0.300. The molecule has 0 aromatic heterocycles. The van der Waals surface area contributed by atoms with E-state index < -0.39 is 5.41 Å². The summed E-state index contributed by atoms with van der Waals surface area (Å²) >= 11 is 0. The molecule has 6 nitrogen and oxygen atoms in total. The van der Waals surface area contributed by atoms with Gasteiger partial charge in [-0.15, -0.1) is 0 Å². The average Bonchev–Trinajstić information content (AvgIpc) is 2.86. The van der Waals surface area contributed by atoms with E-state index in [0.29, 0.717) is 37.3 Å². The molecule has 0 atom stereocenters. The van der Waals surface area contributed by atoms with Crippen LogP contribution in [0.15, 0.2) is 30.3 Å². The highest BCUT2D eigenvalue weighted by Gasteiger charge is 2.47. The van der Waals surface area contributed by atoms with Crippen LogP contribution in [0.1, 0.15) is 29.5 Å². The first-order valence-electron chi connectivity index (χ1n) is 8.71. The van der Waals surface area contributed by atoms with Gasteiger partial charge in [-0.05, 0) is 48.6 Å². The van der Waals surface area contributed by atoms with Crippen LogP contribution in [-0.2, 0) is 14.9 Å². The number of nitrogens with two attached hydrogens (primary N) is 2. The number of carbonyl (C=O) groups excluding carboxylic acids is 1. The molecule has 2 aromatic rings. The lowest BCUT2D eigenvalue weighted by atomic mass is 9.75. The monoisotopic (exact) mass is 350 g/mol. The number of ether oxygens (including phenoxy) is 1. The number of benzene rings is 2. The van der Waals surface area contributed by atoms with Crippen molar-refractivity contribution in [2.75, 3.05) is 24.3 Å². The highest BCUT2D eigenvalue weighted by molar-refractivity contribution is 6.08. The van der Waals surface area contributed by atoms with Crippen molar-refractivity contribution in [3.63, 3.8) is 0 Å². The van der Waals surface area contributed by atoms with Gasteiger partial charge in [0.2, 0.25) is 5.91 Å². The van der Waals surface area contributed by atoms with Crippen molar-refractivity contribution < 1.29 is 9.53 Å². The fourth-order valence-electron chi connectivity index (χ4n) is 4.15. The van der Waals surface area contributed by atoms with E-state index in [1.54, 1.807) is 6.07 Å². The predicted octanol–water partition coefficient (Wildman–Crippen LogP) is 2.53. The molecular weight excluding hydrogens is 328 g/mol. The van der Waals surface area contributed by atoms with Crippen LogP contribution < -0.4 is 16.8 Å². The molecule has 1 spiro atoms. The van der Waals surface area contributed by atoms with Gasteiger partial charge in [0.1, 0.15) is 5.84 Å². The maximum absolute atomic E-state index is 12.7. The molecular formula is C20H22N4O2. The van der Waals surface area contributed by atoms with E-state index in [-0.39, 0.29) is 11.7 Å². The lowest BCUT2D eigenvalue weighted by Gasteiger charge is -2.31. The first-order valence-corrected chi connectivity index (χ1v) is 8.71. The number of nitrogen functional groups attached to an aromatic ring is 2. The highest BCUT2D eigenvalue weighted by atomic mass is 16.5. The summed E-state index contributed by atoms with van der Waals surface area (Å²) in [6.07, 6.45) is 1.40. The van der Waals surface area contributed by atoms with Crippen molar-refractivity contribution in [2.24, 2.45) is 5.73 Å². The van der Waals surface area contributed by atoms with Gasteiger partial charge < -0.3 is 21.5 Å². The standard InChI is InChI=1S/C20H22N4O2/c1-11-2-4-13(18(22)23)17(21)16(11)12-3-5-14-15(10-12)24-19(25)20(14)6-8-26-9-7-20/h2-5,10H,6-9,21H2,1H3,(H3,22,23)(H,24,25). The number of carbonyl (C=O) groups is 1. The molecule has 6 N–H and O–H groups in total. The maximum Gasteiger partial charge on any atom is 0.235 e. The molecule has 2 aliphatic rings. The number of hydrogen-bond donors (Lipinski definition) is 4. The Kier molecular flexibility index (Phi) is 3.73. The van der Waals surface area contributed by atoms with Crippen LogP contribution in [0.2, 0.25) is 0 Å². The van der Waals surface area contributed by atoms with E-state index in [1.807, 2.05) is 31.2 Å². The molecule has 0 aliphatic carbocycles. The van der Waals surface area contributed by atoms with Crippen LogP contribution in [-0.4, -0.2) is 25.0 Å². The Morgan fingerprint density at radius 2 is 1.96 bits per heavy atom. The normalized spacial score (nSPS) is 17.8. The summed E-state index contributed by atoms with van der Waals surface area (Å²) in [7, 11) is 0. The molecule has 0 radical (unpaired) electrons. The van der Waals surface area contributed by atoms with Crippen molar-refractivity contribution >= 4 is 23.1 Å². The number of amidine groups is 1. The third-order valence-electron chi connectivity index (χ3n) is 5.60. The topological polar surface area (TPSA) is 114 Å². The molecule has 1 saturated heterocycles. The lowest BCUT2D eigenvalue weighted by Crippen LogP contribution is -2.39. The van der Waals surface area contributed by atoms with Crippen LogP contribution >= 0.6 is 0 Å². The van der Waals surface area contributed by atoms with Gasteiger partial charge in [-0.25, -0.2) is 0 Å². The summed E-state index contributed by atoms with van der Waals surface area (Å²) < 4.78 is 5.45. The Labute approximate surface area is 152 Å². The zero-order chi connectivity index (χ0) is 18.5. The number of fused-ring (bicyclic) bond motifs is 2. The van der Waals surface area contributed by atoms with Crippen molar-refractivity contribution in [2.45, 2.75) is 25.2 Å². The molecule has 134 valence electrons. The second kappa shape index (κ2) is 5.85. The molecule has 1 fully saturated rings. The zero-order valence-corrected chi connectivity index (χ0v) is 14.7. The van der Waals surface area contributed by atoms with Crippen LogP contribution in [0.5, 0.6) is 0 Å². The van der Waals surface area contributed by atoms with Gasteiger partial charge in [0.25, 0.3) is 0 Å². The van der Waals surface area contributed by atoms with Crippen LogP contribution in [0, 0.1) is 12.3 Å². The Balaban J connectivity index is 1.83. The minimum absolute atomic E-state index is 0.0510. The number of anilines is 2. The van der Waals surface area contributed by atoms with Crippen molar-refractivity contribution in [1.29, 1.82) is 5.41 Å². The van der Waals surface area contributed by atoms with Gasteiger partial charge in [-0.2, -0.15) is 0 Å². The first kappa shape index (κ1) is 16.6. The van der Waals surface area contributed by atoms with Gasteiger partial charge in [0.05, 0.1) is 11.1 Å². The molecule has 26 heavy (non-hydrogen) atoms. The van der Waals surface area contributed by atoms with Gasteiger partial charge in [0, 0.05) is 30.0 Å². The van der Waals surface area contributed by atoms with Crippen LogP contribution in [0.4, 0.5) is 11.4 Å². The third kappa shape index (κ3) is 2.29. The smallest absolute Gasteiger partial charge is 0.235 e. The molecule has 2 heterocycles. The van der Waals surface area contributed by atoms with Gasteiger partial charge in [-0.3, -0.25) is 10.2 Å². The second-order valence-electron chi connectivity index (χ2n) is 7.04. The molecule has 6 heteroatoms. The summed E-state index contributed by atoms with van der Waals surface area (Å²) in [5.41, 5.74) is 17.1. The number of rotatable bonds is 2. The maximum atomic E-state index is 12.7. The number of aryl methyl sites for hydroxylation is 1.